The minimum atomic E-state index is 0.514. The summed E-state index contributed by atoms with van der Waals surface area (Å²) in [4.78, 5) is 4.89. The molecule has 2 aromatic carbocycles. The van der Waals surface area contributed by atoms with E-state index in [1.165, 1.54) is 11.3 Å². The number of rotatable bonds is 6. The number of fused-ring (bicyclic) bond motifs is 3. The van der Waals surface area contributed by atoms with Gasteiger partial charge in [-0.1, -0.05) is 54.0 Å². The van der Waals surface area contributed by atoms with Crippen molar-refractivity contribution in [2.75, 3.05) is 6.54 Å². The molecule has 0 atom stereocenters. The number of benzene rings is 2. The number of nitrogens with zero attached hydrogens (tertiary/aromatic N) is 3. The van der Waals surface area contributed by atoms with Crippen LogP contribution in [-0.2, 0) is 6.54 Å². The molecule has 26 heavy (non-hydrogen) atoms. The lowest BCUT2D eigenvalue weighted by molar-refractivity contribution is 0.541. The second kappa shape index (κ2) is 7.25. The topological polar surface area (TPSA) is 34.3 Å². The van der Waals surface area contributed by atoms with Gasteiger partial charge in [0, 0.05) is 23.3 Å². The fourth-order valence-electron chi connectivity index (χ4n) is 3.35. The van der Waals surface area contributed by atoms with Crippen molar-refractivity contribution in [2.45, 2.75) is 32.9 Å². The third-order valence-corrected chi connectivity index (χ3v) is 5.14. The Hall–Kier alpha value is -2.11. The van der Waals surface area contributed by atoms with Crippen LogP contribution in [0.3, 0.4) is 0 Å². The van der Waals surface area contributed by atoms with Crippen molar-refractivity contribution in [3.63, 3.8) is 0 Å². The molecule has 0 amide bonds. The van der Waals surface area contributed by atoms with E-state index in [2.05, 4.69) is 92.7 Å². The fraction of sp³-hybridized carbons (Fsp3) is 0.286. The molecule has 1 N–H and O–H groups in total. The number of nitrogens with one attached hydrogen (secondary N) is 1. The van der Waals surface area contributed by atoms with Crippen LogP contribution in [0.15, 0.2) is 59.2 Å². The summed E-state index contributed by atoms with van der Waals surface area (Å²) in [7, 11) is 0. The number of aryl methyl sites for hydroxylation is 1. The van der Waals surface area contributed by atoms with Crippen molar-refractivity contribution < 1.29 is 0 Å². The van der Waals surface area contributed by atoms with Gasteiger partial charge in [-0.2, -0.15) is 0 Å². The summed E-state index contributed by atoms with van der Waals surface area (Å²) in [5.41, 5.74) is 4.61. The summed E-state index contributed by atoms with van der Waals surface area (Å²) in [5.74, 6) is 1.01. The van der Waals surface area contributed by atoms with Crippen LogP contribution in [0, 0.1) is 0 Å². The van der Waals surface area contributed by atoms with E-state index in [1.807, 2.05) is 6.07 Å². The highest BCUT2D eigenvalue weighted by atomic mass is 79.9. The number of hydrogen-bond acceptors (Lipinski definition) is 2. The normalized spacial score (nSPS) is 11.8. The molecule has 0 aliphatic heterocycles. The average Bonchev–Trinajstić information content (AvgIpc) is 3.16. The molecule has 0 spiro atoms. The molecular formula is C21H23BrN4. The largest absolute Gasteiger partial charge is 0.314 e. The summed E-state index contributed by atoms with van der Waals surface area (Å²) >= 11 is 3.53. The zero-order valence-electron chi connectivity index (χ0n) is 15.1. The molecule has 4 nitrogen and oxygen atoms in total. The van der Waals surface area contributed by atoms with E-state index in [1.54, 1.807) is 0 Å². The molecule has 0 fully saturated rings. The van der Waals surface area contributed by atoms with E-state index in [4.69, 9.17) is 4.98 Å². The Labute approximate surface area is 162 Å². The molecule has 5 heteroatoms. The summed E-state index contributed by atoms with van der Waals surface area (Å²) in [6, 6.07) is 17.3. The van der Waals surface area contributed by atoms with Crippen LogP contribution in [-0.4, -0.2) is 26.5 Å². The first kappa shape index (κ1) is 17.3. The number of para-hydroxylation sites is 2. The molecule has 2 aromatic heterocycles. The third-order valence-electron chi connectivity index (χ3n) is 4.61. The van der Waals surface area contributed by atoms with Crippen molar-refractivity contribution in [3.05, 3.63) is 59.2 Å². The van der Waals surface area contributed by atoms with Crippen LogP contribution >= 0.6 is 15.9 Å². The Morgan fingerprint density at radius 3 is 2.62 bits per heavy atom. The maximum Gasteiger partial charge on any atom is 0.215 e. The van der Waals surface area contributed by atoms with E-state index in [0.717, 1.165) is 40.8 Å². The van der Waals surface area contributed by atoms with E-state index < -0.39 is 0 Å². The smallest absolute Gasteiger partial charge is 0.215 e. The second-order valence-corrected chi connectivity index (χ2v) is 7.82. The lowest BCUT2D eigenvalue weighted by atomic mass is 10.1. The highest BCUT2D eigenvalue weighted by Gasteiger charge is 2.15. The molecular weight excluding hydrogens is 388 g/mol. The highest BCUT2D eigenvalue weighted by molar-refractivity contribution is 9.10. The van der Waals surface area contributed by atoms with Crippen molar-refractivity contribution in [1.29, 1.82) is 0 Å². The molecule has 134 valence electrons. The molecule has 2 heterocycles. The van der Waals surface area contributed by atoms with Gasteiger partial charge in [-0.05, 0) is 42.8 Å². The first-order chi connectivity index (χ1) is 12.6. The van der Waals surface area contributed by atoms with Gasteiger partial charge in [-0.3, -0.25) is 4.40 Å². The monoisotopic (exact) mass is 410 g/mol. The van der Waals surface area contributed by atoms with Crippen LogP contribution in [0.5, 0.6) is 0 Å². The van der Waals surface area contributed by atoms with E-state index in [0.29, 0.717) is 6.04 Å². The van der Waals surface area contributed by atoms with Crippen LogP contribution in [0.1, 0.15) is 20.3 Å². The fourth-order valence-corrected chi connectivity index (χ4v) is 3.61. The van der Waals surface area contributed by atoms with E-state index in [9.17, 15) is 0 Å². The highest BCUT2D eigenvalue weighted by Crippen LogP contribution is 2.27. The van der Waals surface area contributed by atoms with Crippen LogP contribution < -0.4 is 5.32 Å². The van der Waals surface area contributed by atoms with Gasteiger partial charge in [0.1, 0.15) is 0 Å². The maximum absolute atomic E-state index is 4.89. The van der Waals surface area contributed by atoms with Crippen LogP contribution in [0.4, 0.5) is 0 Å². The van der Waals surface area contributed by atoms with E-state index in [-0.39, 0.29) is 0 Å². The SMILES string of the molecule is CC(C)NCCCn1c(-c2ccc(Br)cc2)cn2c3ccccc3nc12. The second-order valence-electron chi connectivity index (χ2n) is 6.91. The van der Waals surface area contributed by atoms with Gasteiger partial charge in [-0.25, -0.2) is 4.98 Å². The van der Waals surface area contributed by atoms with Gasteiger partial charge in [-0.15, -0.1) is 0 Å². The Bertz CT molecular complexity index is 1030. The number of halogens is 1. The predicted octanol–water partition coefficient (Wildman–Crippen LogP) is 5.11. The predicted molar refractivity (Wildman–Crippen MR) is 112 cm³/mol. The van der Waals surface area contributed by atoms with Gasteiger partial charge >= 0.3 is 0 Å². The van der Waals surface area contributed by atoms with Gasteiger partial charge in [0.25, 0.3) is 0 Å². The third kappa shape index (κ3) is 3.29. The van der Waals surface area contributed by atoms with Crippen LogP contribution in [0.25, 0.3) is 28.1 Å². The van der Waals surface area contributed by atoms with Crippen molar-refractivity contribution in [2.24, 2.45) is 0 Å². The number of aromatic nitrogens is 3. The van der Waals surface area contributed by atoms with Crippen LogP contribution in [0.2, 0.25) is 0 Å². The van der Waals surface area contributed by atoms with Gasteiger partial charge in [0.15, 0.2) is 0 Å². The maximum atomic E-state index is 4.89. The molecule has 0 saturated heterocycles. The minimum Gasteiger partial charge on any atom is -0.314 e. The van der Waals surface area contributed by atoms with Gasteiger partial charge < -0.3 is 9.88 Å². The number of imidazole rings is 2. The minimum absolute atomic E-state index is 0.514. The van der Waals surface area contributed by atoms with Crippen molar-refractivity contribution >= 4 is 32.7 Å². The quantitative estimate of drug-likeness (QED) is 0.448. The van der Waals surface area contributed by atoms with Crippen molar-refractivity contribution in [3.8, 4) is 11.3 Å². The lowest BCUT2D eigenvalue weighted by Gasteiger charge is -2.11. The Balaban J connectivity index is 1.78. The molecule has 4 rings (SSSR count). The molecule has 0 radical (unpaired) electrons. The molecule has 0 bridgehead atoms. The molecule has 4 aromatic rings. The average molecular weight is 411 g/mol. The summed E-state index contributed by atoms with van der Waals surface area (Å²) in [6.45, 7) is 6.30. The Morgan fingerprint density at radius 1 is 1.08 bits per heavy atom. The zero-order valence-corrected chi connectivity index (χ0v) is 16.7. The summed E-state index contributed by atoms with van der Waals surface area (Å²) < 4.78 is 5.64. The summed E-state index contributed by atoms with van der Waals surface area (Å²) in [6.07, 6.45) is 3.28. The molecule has 0 saturated carbocycles. The summed E-state index contributed by atoms with van der Waals surface area (Å²) in [5, 5.41) is 3.50. The molecule has 0 aliphatic carbocycles. The van der Waals surface area contributed by atoms with Gasteiger partial charge in [0.2, 0.25) is 5.78 Å². The molecule has 0 aliphatic rings. The van der Waals surface area contributed by atoms with Crippen molar-refractivity contribution in [1.82, 2.24) is 19.3 Å². The number of hydrogen-bond donors (Lipinski definition) is 1. The lowest BCUT2D eigenvalue weighted by Crippen LogP contribution is -2.24. The Morgan fingerprint density at radius 2 is 1.85 bits per heavy atom. The zero-order chi connectivity index (χ0) is 18.1. The van der Waals surface area contributed by atoms with E-state index >= 15 is 0 Å². The standard InChI is InChI=1S/C21H23BrN4/c1-15(2)23-12-5-13-25-20(16-8-10-17(22)11-9-16)14-26-19-7-4-3-6-18(19)24-21(25)26/h3-4,6-11,14-15,23H,5,12-13H2,1-2H3. The first-order valence-electron chi connectivity index (χ1n) is 9.09. The van der Waals surface area contributed by atoms with Gasteiger partial charge in [0.05, 0.1) is 16.7 Å². The first-order valence-corrected chi connectivity index (χ1v) is 9.88. The Kier molecular flexibility index (Phi) is 4.83. The molecule has 0 unspecified atom stereocenters.